The van der Waals surface area contributed by atoms with Crippen LogP contribution in [0.3, 0.4) is 0 Å². The van der Waals surface area contributed by atoms with Crippen molar-refractivity contribution in [1.82, 2.24) is 14.8 Å². The summed E-state index contributed by atoms with van der Waals surface area (Å²) in [5, 5.41) is 0. The number of methoxy groups -OCH3 is 2. The quantitative estimate of drug-likeness (QED) is 0.672. The smallest absolute Gasteiger partial charge is 0.160 e. The summed E-state index contributed by atoms with van der Waals surface area (Å²) in [5.74, 6) is 2.46. The molecular formula is C19H23N3O2S2. The Kier molecular flexibility index (Phi) is 6.71. The number of hydrogen-bond donors (Lipinski definition) is 0. The highest BCUT2D eigenvalue weighted by Crippen LogP contribution is 2.28. The lowest BCUT2D eigenvalue weighted by molar-refractivity contribution is 0.208. The molecule has 5 nitrogen and oxygen atoms in total. The molecule has 0 N–H and O–H groups in total. The fourth-order valence-corrected chi connectivity index (χ4v) is 3.93. The van der Waals surface area contributed by atoms with Gasteiger partial charge in [-0.25, -0.2) is 0 Å². The normalized spacial score (nSPS) is 15.2. The van der Waals surface area contributed by atoms with Gasteiger partial charge in [-0.3, -0.25) is 9.88 Å². The average Bonchev–Trinajstić information content (AvgIpc) is 2.69. The summed E-state index contributed by atoms with van der Waals surface area (Å²) in [7, 11) is 3.32. The van der Waals surface area contributed by atoms with Crippen molar-refractivity contribution in [3.63, 3.8) is 0 Å². The van der Waals surface area contributed by atoms with Gasteiger partial charge < -0.3 is 14.4 Å². The van der Waals surface area contributed by atoms with Crippen LogP contribution in [0.25, 0.3) is 0 Å². The van der Waals surface area contributed by atoms with Gasteiger partial charge in [-0.15, -0.1) is 0 Å². The molecule has 3 rings (SSSR count). The van der Waals surface area contributed by atoms with Crippen molar-refractivity contribution < 1.29 is 9.47 Å². The molecule has 0 atom stereocenters. The Morgan fingerprint density at radius 3 is 2.73 bits per heavy atom. The van der Waals surface area contributed by atoms with Crippen molar-refractivity contribution in [1.29, 1.82) is 0 Å². The fourth-order valence-electron chi connectivity index (χ4n) is 2.84. The number of nitrogens with zero attached hydrogens (tertiary/aromatic N) is 3. The molecule has 2 heterocycles. The number of thioether (sulfide) groups is 1. The van der Waals surface area contributed by atoms with Crippen LogP contribution in [-0.2, 0) is 13.0 Å². The zero-order chi connectivity index (χ0) is 18.4. The Labute approximate surface area is 164 Å². The van der Waals surface area contributed by atoms with Gasteiger partial charge in [0.2, 0.25) is 0 Å². The van der Waals surface area contributed by atoms with Gasteiger partial charge in [0.05, 0.1) is 39.0 Å². The minimum absolute atomic E-state index is 0.750. The number of hydrogen-bond acceptors (Lipinski definition) is 6. The predicted molar refractivity (Wildman–Crippen MR) is 110 cm³/mol. The van der Waals surface area contributed by atoms with E-state index in [1.54, 1.807) is 26.0 Å². The molecule has 0 saturated carbocycles. The molecule has 1 aromatic carbocycles. The first-order valence-corrected chi connectivity index (χ1v) is 9.84. The number of benzene rings is 1. The van der Waals surface area contributed by atoms with E-state index in [-0.39, 0.29) is 0 Å². The highest BCUT2D eigenvalue weighted by Gasteiger charge is 2.22. The van der Waals surface area contributed by atoms with Crippen molar-refractivity contribution in [2.45, 2.75) is 13.0 Å². The zero-order valence-electron chi connectivity index (χ0n) is 15.1. The van der Waals surface area contributed by atoms with E-state index in [1.807, 2.05) is 36.5 Å². The molecule has 2 aromatic rings. The molecule has 7 heteroatoms. The molecule has 26 heavy (non-hydrogen) atoms. The van der Waals surface area contributed by atoms with Crippen LogP contribution >= 0.6 is 24.0 Å². The van der Waals surface area contributed by atoms with Gasteiger partial charge >= 0.3 is 0 Å². The van der Waals surface area contributed by atoms with E-state index in [2.05, 4.69) is 20.9 Å². The SMILES string of the molecule is COc1ccc(CCN2CSC(=S)N(Cc3ccccn3)C2)cc1OC. The molecule has 1 saturated heterocycles. The van der Waals surface area contributed by atoms with Crippen LogP contribution in [0.2, 0.25) is 0 Å². The van der Waals surface area contributed by atoms with Crippen molar-refractivity contribution in [2.75, 3.05) is 33.3 Å². The molecule has 1 aliphatic rings. The Balaban J connectivity index is 1.57. The second kappa shape index (κ2) is 9.21. The van der Waals surface area contributed by atoms with Gasteiger partial charge in [0, 0.05) is 12.7 Å². The Morgan fingerprint density at radius 2 is 2.00 bits per heavy atom. The fraction of sp³-hybridized carbons (Fsp3) is 0.368. The predicted octanol–water partition coefficient (Wildman–Crippen LogP) is 3.39. The van der Waals surface area contributed by atoms with E-state index < -0.39 is 0 Å². The van der Waals surface area contributed by atoms with Gasteiger partial charge in [-0.2, -0.15) is 0 Å². The van der Waals surface area contributed by atoms with Crippen molar-refractivity contribution in [2.24, 2.45) is 0 Å². The summed E-state index contributed by atoms with van der Waals surface area (Å²) in [4.78, 5) is 9.02. The van der Waals surface area contributed by atoms with Crippen molar-refractivity contribution >= 4 is 28.3 Å². The molecular weight excluding hydrogens is 366 g/mol. The summed E-state index contributed by atoms with van der Waals surface area (Å²) in [6, 6.07) is 12.1. The summed E-state index contributed by atoms with van der Waals surface area (Å²) in [6.07, 6.45) is 2.77. The lowest BCUT2D eigenvalue weighted by Crippen LogP contribution is -2.45. The highest BCUT2D eigenvalue weighted by molar-refractivity contribution is 8.22. The number of thiocarbonyl (C=S) groups is 1. The minimum atomic E-state index is 0.750. The van der Waals surface area contributed by atoms with E-state index in [0.29, 0.717) is 0 Å². The molecule has 0 radical (unpaired) electrons. The largest absolute Gasteiger partial charge is 0.493 e. The maximum Gasteiger partial charge on any atom is 0.160 e. The van der Waals surface area contributed by atoms with E-state index >= 15 is 0 Å². The highest BCUT2D eigenvalue weighted by atomic mass is 32.2. The first-order chi connectivity index (χ1) is 12.7. The second-order valence-electron chi connectivity index (χ2n) is 6.03. The van der Waals surface area contributed by atoms with Gasteiger partial charge in [0.15, 0.2) is 11.5 Å². The number of rotatable bonds is 7. The molecule has 1 fully saturated rings. The topological polar surface area (TPSA) is 37.8 Å². The van der Waals surface area contributed by atoms with Crippen LogP contribution in [0.5, 0.6) is 11.5 Å². The van der Waals surface area contributed by atoms with Crippen LogP contribution in [0.15, 0.2) is 42.6 Å². The third-order valence-electron chi connectivity index (χ3n) is 4.24. The second-order valence-corrected chi connectivity index (χ2v) is 7.61. The standard InChI is InChI=1S/C19H23N3O2S2/c1-23-17-7-6-15(11-18(17)24-2)8-10-21-13-22(19(25)26-14-21)12-16-5-3-4-9-20-16/h3-7,9,11H,8,10,12-14H2,1-2H3. The van der Waals surface area contributed by atoms with Crippen molar-refractivity contribution in [3.8, 4) is 11.5 Å². The average molecular weight is 390 g/mol. The van der Waals surface area contributed by atoms with Gasteiger partial charge in [-0.1, -0.05) is 36.1 Å². The summed E-state index contributed by atoms with van der Waals surface area (Å²) in [5.41, 5.74) is 2.27. The van der Waals surface area contributed by atoms with Crippen LogP contribution in [0.4, 0.5) is 0 Å². The molecule has 0 unspecified atom stereocenters. The van der Waals surface area contributed by atoms with Gasteiger partial charge in [0.25, 0.3) is 0 Å². The minimum Gasteiger partial charge on any atom is -0.493 e. The lowest BCUT2D eigenvalue weighted by Gasteiger charge is -2.36. The number of aromatic nitrogens is 1. The van der Waals surface area contributed by atoms with Gasteiger partial charge in [-0.05, 0) is 36.2 Å². The van der Waals surface area contributed by atoms with E-state index in [4.69, 9.17) is 21.7 Å². The number of ether oxygens (including phenoxy) is 2. The van der Waals surface area contributed by atoms with Crippen LogP contribution in [0.1, 0.15) is 11.3 Å². The third kappa shape index (κ3) is 4.87. The third-order valence-corrected chi connectivity index (χ3v) is 5.85. The zero-order valence-corrected chi connectivity index (χ0v) is 16.7. The molecule has 138 valence electrons. The molecule has 1 aliphatic heterocycles. The maximum absolute atomic E-state index is 5.52. The van der Waals surface area contributed by atoms with Crippen molar-refractivity contribution in [3.05, 3.63) is 53.9 Å². The molecule has 0 bridgehead atoms. The van der Waals surface area contributed by atoms with Gasteiger partial charge in [0.1, 0.15) is 4.32 Å². The van der Waals surface area contributed by atoms with E-state index in [0.717, 1.165) is 53.6 Å². The van der Waals surface area contributed by atoms with E-state index in [9.17, 15) is 0 Å². The Hall–Kier alpha value is -1.83. The molecule has 0 spiro atoms. The van der Waals surface area contributed by atoms with Crippen LogP contribution < -0.4 is 9.47 Å². The molecule has 1 aromatic heterocycles. The maximum atomic E-state index is 5.52. The first kappa shape index (κ1) is 18.9. The Morgan fingerprint density at radius 1 is 1.15 bits per heavy atom. The number of pyridine rings is 1. The molecule has 0 amide bonds. The Bertz CT molecular complexity index is 743. The first-order valence-electron chi connectivity index (χ1n) is 8.44. The summed E-state index contributed by atoms with van der Waals surface area (Å²) < 4.78 is 11.6. The molecule has 0 aliphatic carbocycles. The monoisotopic (exact) mass is 389 g/mol. The van der Waals surface area contributed by atoms with Crippen LogP contribution in [-0.4, -0.2) is 52.4 Å². The van der Waals surface area contributed by atoms with E-state index in [1.165, 1.54) is 5.56 Å². The summed E-state index contributed by atoms with van der Waals surface area (Å²) >= 11 is 7.23. The van der Waals surface area contributed by atoms with Crippen LogP contribution in [0, 0.1) is 0 Å². The lowest BCUT2D eigenvalue weighted by atomic mass is 10.1. The summed E-state index contributed by atoms with van der Waals surface area (Å²) in [6.45, 7) is 2.54.